The van der Waals surface area contributed by atoms with Crippen LogP contribution >= 0.6 is 0 Å². The number of carbonyl (C=O) groups excluding carboxylic acids is 1. The van der Waals surface area contributed by atoms with E-state index < -0.39 is 11.5 Å². The lowest BCUT2D eigenvalue weighted by molar-refractivity contribution is -0.00911. The molecule has 144 valence electrons. The molecule has 1 aliphatic rings. The average Bonchev–Trinajstić information content (AvgIpc) is 3.44. The van der Waals surface area contributed by atoms with Crippen molar-refractivity contribution in [1.82, 2.24) is 5.48 Å². The fourth-order valence-corrected chi connectivity index (χ4v) is 3.15. The van der Waals surface area contributed by atoms with Crippen LogP contribution in [0.1, 0.15) is 52.9 Å². The molecule has 0 bridgehead atoms. The predicted octanol–water partition coefficient (Wildman–Crippen LogP) is 3.47. The van der Waals surface area contributed by atoms with E-state index in [-0.39, 0.29) is 17.2 Å². The number of hydrogen-bond acceptors (Lipinski definition) is 5. The van der Waals surface area contributed by atoms with E-state index in [1.54, 1.807) is 12.1 Å². The van der Waals surface area contributed by atoms with Gasteiger partial charge in [0.05, 0.1) is 0 Å². The van der Waals surface area contributed by atoms with E-state index in [2.05, 4.69) is 5.48 Å². The van der Waals surface area contributed by atoms with Crippen LogP contribution in [0.15, 0.2) is 57.7 Å². The maximum absolute atomic E-state index is 12.4. The second-order valence-corrected chi connectivity index (χ2v) is 7.46. The largest absolute Gasteiger partial charge is 0.422 e. The molecule has 1 aliphatic carbocycles. The highest BCUT2D eigenvalue weighted by Crippen LogP contribution is 2.42. The van der Waals surface area contributed by atoms with Gasteiger partial charge in [-0.25, -0.2) is 10.3 Å². The third kappa shape index (κ3) is 3.56. The minimum Gasteiger partial charge on any atom is -0.422 e. The molecule has 3 N–H and O–H groups in total. The number of amides is 1. The van der Waals surface area contributed by atoms with Crippen LogP contribution in [0.5, 0.6) is 0 Å². The lowest BCUT2D eigenvalue weighted by atomic mass is 10.0. The van der Waals surface area contributed by atoms with Crippen molar-refractivity contribution >= 4 is 16.9 Å². The van der Waals surface area contributed by atoms with Crippen LogP contribution in [0.3, 0.4) is 0 Å². The molecule has 0 radical (unpaired) electrons. The van der Waals surface area contributed by atoms with Crippen molar-refractivity contribution < 1.29 is 14.0 Å². The third-order valence-corrected chi connectivity index (χ3v) is 5.21. The highest BCUT2D eigenvalue weighted by molar-refractivity contribution is 5.96. The Balaban J connectivity index is 1.45. The summed E-state index contributed by atoms with van der Waals surface area (Å²) in [5.74, 6) is -0.640. The van der Waals surface area contributed by atoms with Crippen molar-refractivity contribution in [1.29, 1.82) is 0 Å². The van der Waals surface area contributed by atoms with Gasteiger partial charge < -0.3 is 10.2 Å². The Morgan fingerprint density at radius 2 is 1.89 bits per heavy atom. The van der Waals surface area contributed by atoms with Gasteiger partial charge in [-0.2, -0.15) is 0 Å². The zero-order valence-corrected chi connectivity index (χ0v) is 15.8. The van der Waals surface area contributed by atoms with Gasteiger partial charge in [-0.15, -0.1) is 0 Å². The van der Waals surface area contributed by atoms with Crippen LogP contribution in [0.25, 0.3) is 11.0 Å². The first-order valence-corrected chi connectivity index (χ1v) is 9.25. The molecule has 1 aromatic heterocycles. The van der Waals surface area contributed by atoms with E-state index in [0.29, 0.717) is 11.0 Å². The summed E-state index contributed by atoms with van der Waals surface area (Å²) in [6.07, 6.45) is 1.62. The van der Waals surface area contributed by atoms with Gasteiger partial charge >= 0.3 is 5.63 Å². The Hall–Kier alpha value is -2.96. The van der Waals surface area contributed by atoms with E-state index >= 15 is 0 Å². The smallest absolute Gasteiger partial charge is 0.349 e. The maximum atomic E-state index is 12.4. The Bertz CT molecular complexity index is 1100. The molecule has 1 heterocycles. The van der Waals surface area contributed by atoms with E-state index in [1.165, 1.54) is 6.07 Å². The molecule has 3 aromatic rings. The maximum Gasteiger partial charge on any atom is 0.349 e. The molecule has 2 aromatic carbocycles. The van der Waals surface area contributed by atoms with Crippen LogP contribution < -0.4 is 16.8 Å². The average molecular weight is 378 g/mol. The Morgan fingerprint density at radius 3 is 2.57 bits per heavy atom. The van der Waals surface area contributed by atoms with E-state index in [9.17, 15) is 9.59 Å². The fraction of sp³-hybridized carbons (Fsp3) is 0.273. The Labute approximate surface area is 162 Å². The molecule has 1 saturated carbocycles. The molecule has 0 spiro atoms. The van der Waals surface area contributed by atoms with Crippen molar-refractivity contribution in [3.8, 4) is 0 Å². The van der Waals surface area contributed by atoms with Crippen LogP contribution in [0.2, 0.25) is 0 Å². The van der Waals surface area contributed by atoms with Crippen LogP contribution in [-0.4, -0.2) is 5.91 Å². The second kappa shape index (κ2) is 6.89. The van der Waals surface area contributed by atoms with E-state index in [4.69, 9.17) is 15.0 Å². The lowest BCUT2D eigenvalue weighted by Gasteiger charge is -2.15. The second-order valence-electron chi connectivity index (χ2n) is 7.46. The minimum atomic E-state index is -0.700. The number of hydrogen-bond donors (Lipinski definition) is 2. The van der Waals surface area contributed by atoms with Gasteiger partial charge in [0.15, 0.2) is 0 Å². The standard InChI is InChI=1S/C22H22N2O4/c1-13-3-4-16-12-18(21(26)27-19(16)11-13)20(25)24-28-14(2)15-5-7-17(8-6-15)22(23)9-10-22/h3-8,11-12,14H,9-10,23H2,1-2H3,(H,24,25). The van der Waals surface area contributed by atoms with Gasteiger partial charge in [-0.3, -0.25) is 9.63 Å². The molecule has 1 amide bonds. The molecule has 6 nitrogen and oxygen atoms in total. The van der Waals surface area contributed by atoms with Gasteiger partial charge in [-0.1, -0.05) is 36.4 Å². The van der Waals surface area contributed by atoms with Gasteiger partial charge in [-0.05, 0) is 55.5 Å². The molecule has 4 rings (SSSR count). The number of nitrogens with two attached hydrogens (primary N) is 1. The summed E-state index contributed by atoms with van der Waals surface area (Å²) in [7, 11) is 0. The minimum absolute atomic E-state index is 0.0993. The zero-order valence-electron chi connectivity index (χ0n) is 15.8. The number of fused-ring (bicyclic) bond motifs is 1. The van der Waals surface area contributed by atoms with Gasteiger partial charge in [0.1, 0.15) is 17.3 Å². The number of nitrogens with one attached hydrogen (secondary N) is 1. The summed E-state index contributed by atoms with van der Waals surface area (Å²) in [6.45, 7) is 3.72. The van der Waals surface area contributed by atoms with Crippen molar-refractivity contribution in [2.24, 2.45) is 5.73 Å². The SMILES string of the molecule is Cc1ccc2cc(C(=O)NOC(C)c3ccc(C4(N)CC4)cc3)c(=O)oc2c1. The molecule has 6 heteroatoms. The number of benzene rings is 2. The first-order chi connectivity index (χ1) is 13.4. The summed E-state index contributed by atoms with van der Waals surface area (Å²) < 4.78 is 5.25. The first-order valence-electron chi connectivity index (χ1n) is 9.25. The monoisotopic (exact) mass is 378 g/mol. The van der Waals surface area contributed by atoms with Crippen molar-refractivity contribution in [3.05, 3.63) is 81.2 Å². The molecule has 28 heavy (non-hydrogen) atoms. The van der Waals surface area contributed by atoms with Gasteiger partial charge in [0, 0.05) is 10.9 Å². The first kappa shape index (κ1) is 18.4. The van der Waals surface area contributed by atoms with Gasteiger partial charge in [0.25, 0.3) is 5.91 Å². The normalized spacial score (nSPS) is 16.0. The molecular formula is C22H22N2O4. The van der Waals surface area contributed by atoms with Crippen LogP contribution in [0, 0.1) is 6.92 Å². The third-order valence-electron chi connectivity index (χ3n) is 5.21. The van der Waals surface area contributed by atoms with Crippen molar-refractivity contribution in [2.45, 2.75) is 38.3 Å². The Morgan fingerprint density at radius 1 is 1.18 bits per heavy atom. The number of hydroxylamine groups is 1. The van der Waals surface area contributed by atoms with E-state index in [1.807, 2.05) is 44.2 Å². The topological polar surface area (TPSA) is 94.6 Å². The summed E-state index contributed by atoms with van der Waals surface area (Å²) in [5.41, 5.74) is 11.0. The zero-order chi connectivity index (χ0) is 19.9. The van der Waals surface area contributed by atoms with Crippen molar-refractivity contribution in [2.75, 3.05) is 0 Å². The summed E-state index contributed by atoms with van der Waals surface area (Å²) in [6, 6.07) is 14.8. The predicted molar refractivity (Wildman–Crippen MR) is 106 cm³/mol. The fourth-order valence-electron chi connectivity index (χ4n) is 3.15. The molecule has 0 saturated heterocycles. The Kier molecular flexibility index (Phi) is 4.53. The van der Waals surface area contributed by atoms with Crippen LogP contribution in [0.4, 0.5) is 0 Å². The highest BCUT2D eigenvalue weighted by atomic mass is 16.7. The summed E-state index contributed by atoms with van der Waals surface area (Å²) in [4.78, 5) is 30.0. The number of aryl methyl sites for hydroxylation is 1. The van der Waals surface area contributed by atoms with E-state index in [0.717, 1.165) is 29.5 Å². The number of rotatable bonds is 5. The van der Waals surface area contributed by atoms with Gasteiger partial charge in [0.2, 0.25) is 0 Å². The number of carbonyl (C=O) groups is 1. The molecule has 0 aliphatic heterocycles. The van der Waals surface area contributed by atoms with Crippen molar-refractivity contribution in [3.63, 3.8) is 0 Å². The quantitative estimate of drug-likeness (QED) is 0.524. The lowest BCUT2D eigenvalue weighted by Crippen LogP contribution is -2.29. The molecule has 1 atom stereocenters. The molecular weight excluding hydrogens is 356 g/mol. The van der Waals surface area contributed by atoms with Crippen LogP contribution in [-0.2, 0) is 10.4 Å². The summed E-state index contributed by atoms with van der Waals surface area (Å²) >= 11 is 0. The molecule has 1 fully saturated rings. The summed E-state index contributed by atoms with van der Waals surface area (Å²) in [5, 5.41) is 0.676. The molecule has 1 unspecified atom stereocenters. The highest BCUT2D eigenvalue weighted by Gasteiger charge is 2.39.